The van der Waals surface area contributed by atoms with E-state index in [2.05, 4.69) is 32.9 Å². The molecule has 1 atom stereocenters. The van der Waals surface area contributed by atoms with Crippen LogP contribution in [-0.4, -0.2) is 37.2 Å². The number of rotatable bonds is 52. The minimum atomic E-state index is -0.767. The topological polar surface area (TPSA) is 78.9 Å². The lowest BCUT2D eigenvalue weighted by Gasteiger charge is -2.18. The number of carbonyl (C=O) groups excluding carboxylic acids is 3. The summed E-state index contributed by atoms with van der Waals surface area (Å²) in [5.41, 5.74) is 0. The molecule has 0 saturated carbocycles. The molecule has 0 aromatic rings. The van der Waals surface area contributed by atoms with Gasteiger partial charge in [-0.05, 0) is 38.5 Å². The molecule has 0 spiro atoms. The summed E-state index contributed by atoms with van der Waals surface area (Å²) >= 11 is 0. The fraction of sp³-hybridized carbons (Fsp3) is 0.912. The maximum absolute atomic E-state index is 12.8. The van der Waals surface area contributed by atoms with Gasteiger partial charge >= 0.3 is 17.9 Å². The van der Waals surface area contributed by atoms with Gasteiger partial charge in [-0.3, -0.25) is 14.4 Å². The maximum atomic E-state index is 12.8. The van der Waals surface area contributed by atoms with Crippen LogP contribution >= 0.6 is 0 Å². The predicted octanol–water partition coefficient (Wildman–Crippen LogP) is 18.5. The van der Waals surface area contributed by atoms with Crippen LogP contribution in [0.25, 0.3) is 0 Å². The number of unbranched alkanes of at least 4 members (excludes halogenated alkanes) is 39. The van der Waals surface area contributed by atoms with E-state index in [-0.39, 0.29) is 31.1 Å². The first-order valence-corrected chi connectivity index (χ1v) is 28.2. The second-order valence-corrected chi connectivity index (χ2v) is 19.2. The summed E-state index contributed by atoms with van der Waals surface area (Å²) in [5.74, 6) is -0.861. The first-order valence-electron chi connectivity index (χ1n) is 28.2. The van der Waals surface area contributed by atoms with Crippen LogP contribution in [0.15, 0.2) is 12.2 Å². The van der Waals surface area contributed by atoms with Crippen molar-refractivity contribution in [1.82, 2.24) is 0 Å². The first-order chi connectivity index (χ1) is 31.0. The Balaban J connectivity index is 4.11. The van der Waals surface area contributed by atoms with Gasteiger partial charge in [0.05, 0.1) is 0 Å². The van der Waals surface area contributed by atoms with Gasteiger partial charge < -0.3 is 14.2 Å². The predicted molar refractivity (Wildman–Crippen MR) is 270 cm³/mol. The Morgan fingerprint density at radius 1 is 0.302 bits per heavy atom. The van der Waals surface area contributed by atoms with Gasteiger partial charge in [0.15, 0.2) is 6.10 Å². The highest BCUT2D eigenvalue weighted by molar-refractivity contribution is 5.71. The van der Waals surface area contributed by atoms with Gasteiger partial charge in [-0.15, -0.1) is 0 Å². The van der Waals surface area contributed by atoms with Crippen molar-refractivity contribution in [1.29, 1.82) is 0 Å². The van der Waals surface area contributed by atoms with Crippen molar-refractivity contribution in [3.8, 4) is 0 Å². The molecule has 0 aromatic heterocycles. The fourth-order valence-electron chi connectivity index (χ4n) is 8.49. The van der Waals surface area contributed by atoms with Crippen LogP contribution in [0.5, 0.6) is 0 Å². The normalized spacial score (nSPS) is 12.0. The second-order valence-electron chi connectivity index (χ2n) is 19.2. The Morgan fingerprint density at radius 2 is 0.540 bits per heavy atom. The molecular formula is C57H108O6. The van der Waals surface area contributed by atoms with E-state index in [1.165, 1.54) is 212 Å². The van der Waals surface area contributed by atoms with Crippen LogP contribution in [0.2, 0.25) is 0 Å². The molecule has 0 aromatic carbocycles. The van der Waals surface area contributed by atoms with Crippen LogP contribution in [-0.2, 0) is 28.6 Å². The Morgan fingerprint density at radius 3 is 0.841 bits per heavy atom. The number of ether oxygens (including phenoxy) is 3. The highest BCUT2D eigenvalue weighted by atomic mass is 16.6. The minimum Gasteiger partial charge on any atom is -0.462 e. The van der Waals surface area contributed by atoms with Crippen molar-refractivity contribution < 1.29 is 28.6 Å². The number of allylic oxidation sites excluding steroid dienone is 2. The average Bonchev–Trinajstić information content (AvgIpc) is 3.28. The molecule has 0 radical (unpaired) electrons. The van der Waals surface area contributed by atoms with E-state index < -0.39 is 6.10 Å². The SMILES string of the molecule is CCCC/C=C\CCCCCCCC(=O)OC(COC(=O)CCCCCCCCCCCC)COC(=O)CCCCCCCCCCCCCCCCCCCCCCCCCC. The summed E-state index contributed by atoms with van der Waals surface area (Å²) in [6, 6.07) is 0. The molecule has 0 amide bonds. The summed E-state index contributed by atoms with van der Waals surface area (Å²) < 4.78 is 16.8. The number of carbonyl (C=O) groups is 3. The summed E-state index contributed by atoms with van der Waals surface area (Å²) in [6.45, 7) is 6.63. The third kappa shape index (κ3) is 51.0. The number of hydrogen-bond acceptors (Lipinski definition) is 6. The lowest BCUT2D eigenvalue weighted by atomic mass is 10.0. The van der Waals surface area contributed by atoms with E-state index in [1.807, 2.05) is 0 Å². The zero-order valence-electron chi connectivity index (χ0n) is 42.6. The largest absolute Gasteiger partial charge is 0.462 e. The van der Waals surface area contributed by atoms with E-state index >= 15 is 0 Å². The van der Waals surface area contributed by atoms with Gasteiger partial charge in [0.1, 0.15) is 13.2 Å². The summed E-state index contributed by atoms with van der Waals surface area (Å²) in [4.78, 5) is 37.9. The maximum Gasteiger partial charge on any atom is 0.306 e. The fourth-order valence-corrected chi connectivity index (χ4v) is 8.49. The van der Waals surface area contributed by atoms with Crippen molar-refractivity contribution in [2.75, 3.05) is 13.2 Å². The molecule has 1 unspecified atom stereocenters. The smallest absolute Gasteiger partial charge is 0.306 e. The van der Waals surface area contributed by atoms with Gasteiger partial charge in [-0.1, -0.05) is 270 Å². The zero-order chi connectivity index (χ0) is 45.8. The molecule has 0 aliphatic carbocycles. The van der Waals surface area contributed by atoms with Crippen molar-refractivity contribution in [3.63, 3.8) is 0 Å². The third-order valence-electron chi connectivity index (χ3n) is 12.8. The van der Waals surface area contributed by atoms with Gasteiger partial charge in [0.25, 0.3) is 0 Å². The first kappa shape index (κ1) is 61.1. The molecule has 0 saturated heterocycles. The monoisotopic (exact) mass is 889 g/mol. The highest BCUT2D eigenvalue weighted by Crippen LogP contribution is 2.17. The molecule has 0 aliphatic heterocycles. The highest BCUT2D eigenvalue weighted by Gasteiger charge is 2.19. The van der Waals surface area contributed by atoms with Gasteiger partial charge in [0, 0.05) is 19.3 Å². The van der Waals surface area contributed by atoms with Crippen molar-refractivity contribution in [3.05, 3.63) is 12.2 Å². The number of esters is 3. The van der Waals surface area contributed by atoms with Crippen molar-refractivity contribution >= 4 is 17.9 Å². The van der Waals surface area contributed by atoms with E-state index in [0.717, 1.165) is 64.2 Å². The third-order valence-corrected chi connectivity index (χ3v) is 12.8. The van der Waals surface area contributed by atoms with Crippen LogP contribution in [0, 0.1) is 0 Å². The minimum absolute atomic E-state index is 0.0682. The molecule has 0 N–H and O–H groups in total. The van der Waals surface area contributed by atoms with Gasteiger partial charge in [-0.2, -0.15) is 0 Å². The summed E-state index contributed by atoms with van der Waals surface area (Å²) in [6.07, 6.45) is 59.4. The quantitative estimate of drug-likeness (QED) is 0.0262. The Bertz CT molecular complexity index is 978. The van der Waals surface area contributed by atoms with E-state index in [4.69, 9.17) is 14.2 Å². The van der Waals surface area contributed by atoms with Crippen molar-refractivity contribution in [2.45, 2.75) is 322 Å². The van der Waals surface area contributed by atoms with E-state index in [9.17, 15) is 14.4 Å². The van der Waals surface area contributed by atoms with Gasteiger partial charge in [-0.25, -0.2) is 0 Å². The van der Waals surface area contributed by atoms with Crippen LogP contribution < -0.4 is 0 Å². The van der Waals surface area contributed by atoms with E-state index in [1.54, 1.807) is 0 Å². The molecule has 63 heavy (non-hydrogen) atoms. The van der Waals surface area contributed by atoms with Gasteiger partial charge in [0.2, 0.25) is 0 Å². The molecule has 0 aliphatic rings. The zero-order valence-corrected chi connectivity index (χ0v) is 42.6. The molecule has 372 valence electrons. The molecule has 0 heterocycles. The van der Waals surface area contributed by atoms with E-state index in [0.29, 0.717) is 19.3 Å². The molecule has 0 rings (SSSR count). The summed E-state index contributed by atoms with van der Waals surface area (Å²) in [7, 11) is 0. The number of hydrogen-bond donors (Lipinski definition) is 0. The Kier molecular flexibility index (Phi) is 51.2. The van der Waals surface area contributed by atoms with Crippen LogP contribution in [0.1, 0.15) is 316 Å². The molecule has 0 bridgehead atoms. The second kappa shape index (κ2) is 52.8. The summed E-state index contributed by atoms with van der Waals surface area (Å²) in [5, 5.41) is 0. The lowest BCUT2D eigenvalue weighted by Crippen LogP contribution is -2.30. The lowest BCUT2D eigenvalue weighted by molar-refractivity contribution is -0.167. The molecule has 6 nitrogen and oxygen atoms in total. The average molecular weight is 889 g/mol. The molecular weight excluding hydrogens is 781 g/mol. The Labute approximate surface area is 392 Å². The Hall–Kier alpha value is -1.85. The van der Waals surface area contributed by atoms with Crippen LogP contribution in [0.3, 0.4) is 0 Å². The standard InChI is InChI=1S/C57H108O6/c1-4-7-10-13-16-19-22-23-24-25-26-27-28-29-30-31-32-33-34-36-38-41-44-47-50-56(59)62-53-54(52-61-55(58)49-46-43-40-37-21-18-15-12-9-6-3)63-57(60)51-48-45-42-39-35-20-17-14-11-8-5-2/h14,17,54H,4-13,15-16,18-53H2,1-3H3/b17-14-. The van der Waals surface area contributed by atoms with Crippen molar-refractivity contribution in [2.24, 2.45) is 0 Å². The van der Waals surface area contributed by atoms with Crippen LogP contribution in [0.4, 0.5) is 0 Å². The molecule has 6 heteroatoms. The molecule has 0 fully saturated rings.